The number of carboxylic acids is 1. The van der Waals surface area contributed by atoms with Gasteiger partial charge in [0.15, 0.2) is 0 Å². The lowest BCUT2D eigenvalue weighted by Crippen LogP contribution is -2.01. The fourth-order valence-electron chi connectivity index (χ4n) is 2.02. The summed E-state index contributed by atoms with van der Waals surface area (Å²) in [4.78, 5) is 14.7. The van der Waals surface area contributed by atoms with Gasteiger partial charge in [0, 0.05) is 17.6 Å². The molecule has 5 heteroatoms. The van der Waals surface area contributed by atoms with E-state index in [1.807, 2.05) is 54.6 Å². The quantitative estimate of drug-likeness (QED) is 0.734. The zero-order valence-electron chi connectivity index (χ0n) is 12.1. The predicted octanol–water partition coefficient (Wildman–Crippen LogP) is 4.32. The molecule has 0 spiro atoms. The maximum atomic E-state index is 10.9. The number of carboxylic acid groups (broad SMARTS) is 1. The van der Waals surface area contributed by atoms with Gasteiger partial charge in [-0.2, -0.15) is 0 Å². The van der Waals surface area contributed by atoms with Crippen LogP contribution in [0.1, 0.15) is 10.5 Å². The van der Waals surface area contributed by atoms with Crippen LogP contribution in [0.4, 0.5) is 11.4 Å². The van der Waals surface area contributed by atoms with Crippen LogP contribution >= 0.6 is 0 Å². The van der Waals surface area contributed by atoms with Gasteiger partial charge in [-0.05, 0) is 48.5 Å². The highest BCUT2D eigenvalue weighted by atomic mass is 16.5. The van der Waals surface area contributed by atoms with Gasteiger partial charge in [-0.3, -0.25) is 0 Å². The van der Waals surface area contributed by atoms with E-state index in [4.69, 9.17) is 9.84 Å². The molecule has 1 aromatic heterocycles. The van der Waals surface area contributed by atoms with Gasteiger partial charge in [-0.1, -0.05) is 18.2 Å². The van der Waals surface area contributed by atoms with Crippen LogP contribution in [0.5, 0.6) is 11.5 Å². The van der Waals surface area contributed by atoms with Crippen LogP contribution in [0, 0.1) is 0 Å². The van der Waals surface area contributed by atoms with E-state index in [9.17, 15) is 4.79 Å². The van der Waals surface area contributed by atoms with Gasteiger partial charge >= 0.3 is 5.97 Å². The summed E-state index contributed by atoms with van der Waals surface area (Å²) in [5.41, 5.74) is 1.49. The molecule has 0 saturated heterocycles. The van der Waals surface area contributed by atoms with Gasteiger partial charge in [0.1, 0.15) is 17.2 Å². The Balaban J connectivity index is 1.70. The molecule has 0 radical (unpaired) electrons. The molecule has 3 rings (SSSR count). The number of aromatic nitrogens is 1. The van der Waals surface area contributed by atoms with Crippen molar-refractivity contribution >= 4 is 17.3 Å². The molecule has 0 unspecified atom stereocenters. The molecule has 0 fully saturated rings. The van der Waals surface area contributed by atoms with Crippen LogP contribution in [-0.2, 0) is 0 Å². The van der Waals surface area contributed by atoms with Crippen LogP contribution < -0.4 is 10.1 Å². The number of para-hydroxylation sites is 1. The van der Waals surface area contributed by atoms with Gasteiger partial charge in [0.25, 0.3) is 0 Å². The number of hydrogen-bond donors (Lipinski definition) is 2. The van der Waals surface area contributed by atoms with Crippen LogP contribution in [0.2, 0.25) is 0 Å². The Bertz CT molecular complexity index is 802. The average molecular weight is 306 g/mol. The average Bonchev–Trinajstić information content (AvgIpc) is 2.58. The number of nitrogens with zero attached hydrogens (tertiary/aromatic N) is 1. The lowest BCUT2D eigenvalue weighted by atomic mass is 10.2. The molecular weight excluding hydrogens is 292 g/mol. The minimum Gasteiger partial charge on any atom is -0.477 e. The van der Waals surface area contributed by atoms with E-state index >= 15 is 0 Å². The Hall–Kier alpha value is -3.34. The molecule has 5 nitrogen and oxygen atoms in total. The van der Waals surface area contributed by atoms with Crippen LogP contribution in [-0.4, -0.2) is 16.1 Å². The summed E-state index contributed by atoms with van der Waals surface area (Å²) in [6, 6.07) is 20.1. The number of anilines is 2. The van der Waals surface area contributed by atoms with E-state index in [0.29, 0.717) is 5.69 Å². The molecule has 3 aromatic rings. The minimum absolute atomic E-state index is 0.000897. The molecule has 0 atom stereocenters. The third-order valence-corrected chi connectivity index (χ3v) is 3.10. The summed E-state index contributed by atoms with van der Waals surface area (Å²) in [6.45, 7) is 0. The number of ether oxygens (including phenoxy) is 1. The molecule has 2 aromatic carbocycles. The summed E-state index contributed by atoms with van der Waals surface area (Å²) in [6.07, 6.45) is 1.46. The monoisotopic (exact) mass is 306 g/mol. The zero-order valence-corrected chi connectivity index (χ0v) is 12.1. The molecule has 0 aliphatic carbocycles. The lowest BCUT2D eigenvalue weighted by Gasteiger charge is -2.09. The third-order valence-electron chi connectivity index (χ3n) is 3.10. The number of pyridine rings is 1. The van der Waals surface area contributed by atoms with E-state index in [2.05, 4.69) is 10.3 Å². The zero-order chi connectivity index (χ0) is 16.1. The largest absolute Gasteiger partial charge is 0.477 e. The first kappa shape index (κ1) is 14.6. The summed E-state index contributed by atoms with van der Waals surface area (Å²) in [7, 11) is 0. The van der Waals surface area contributed by atoms with Gasteiger partial charge < -0.3 is 15.2 Å². The highest BCUT2D eigenvalue weighted by Crippen LogP contribution is 2.24. The second-order valence-corrected chi connectivity index (χ2v) is 4.80. The Morgan fingerprint density at radius 2 is 1.61 bits per heavy atom. The lowest BCUT2D eigenvalue weighted by molar-refractivity contribution is 0.0690. The molecule has 0 amide bonds. The van der Waals surface area contributed by atoms with Crippen LogP contribution in [0.15, 0.2) is 72.9 Å². The summed E-state index contributed by atoms with van der Waals surface area (Å²) in [5.74, 6) is 0.441. The van der Waals surface area contributed by atoms with Gasteiger partial charge in [-0.15, -0.1) is 0 Å². The number of nitrogens with one attached hydrogen (secondary N) is 1. The summed E-state index contributed by atoms with van der Waals surface area (Å²) >= 11 is 0. The fourth-order valence-corrected chi connectivity index (χ4v) is 2.02. The summed E-state index contributed by atoms with van der Waals surface area (Å²) in [5, 5.41) is 12.1. The van der Waals surface area contributed by atoms with Crippen molar-refractivity contribution in [3.05, 3.63) is 78.6 Å². The maximum absolute atomic E-state index is 10.9. The Labute approximate surface area is 133 Å². The van der Waals surface area contributed by atoms with Crippen LogP contribution in [0.25, 0.3) is 0 Å². The van der Waals surface area contributed by atoms with Crippen molar-refractivity contribution in [1.29, 1.82) is 0 Å². The number of rotatable bonds is 5. The number of carbonyl (C=O) groups is 1. The highest BCUT2D eigenvalue weighted by molar-refractivity contribution is 5.86. The highest BCUT2D eigenvalue weighted by Gasteiger charge is 2.05. The Morgan fingerprint density at radius 1 is 0.913 bits per heavy atom. The molecule has 0 aliphatic heterocycles. The molecule has 0 aliphatic rings. The number of aromatic carboxylic acids is 1. The minimum atomic E-state index is -1.06. The van der Waals surface area contributed by atoms with Crippen molar-refractivity contribution in [2.75, 3.05) is 5.32 Å². The maximum Gasteiger partial charge on any atom is 0.354 e. The Kier molecular flexibility index (Phi) is 4.20. The van der Waals surface area contributed by atoms with Crippen molar-refractivity contribution in [3.63, 3.8) is 0 Å². The third kappa shape index (κ3) is 3.85. The second-order valence-electron chi connectivity index (χ2n) is 4.80. The molecular formula is C18H14N2O3. The number of benzene rings is 2. The number of hydrogen-bond acceptors (Lipinski definition) is 4. The summed E-state index contributed by atoms with van der Waals surface area (Å²) < 4.78 is 5.72. The molecule has 0 bridgehead atoms. The first-order valence-corrected chi connectivity index (χ1v) is 7.00. The smallest absolute Gasteiger partial charge is 0.354 e. The van der Waals surface area contributed by atoms with Crippen molar-refractivity contribution in [1.82, 2.24) is 4.98 Å². The van der Waals surface area contributed by atoms with Crippen molar-refractivity contribution in [2.45, 2.75) is 0 Å². The predicted molar refractivity (Wildman–Crippen MR) is 87.4 cm³/mol. The van der Waals surface area contributed by atoms with E-state index in [0.717, 1.165) is 17.2 Å². The van der Waals surface area contributed by atoms with E-state index in [1.165, 1.54) is 12.3 Å². The van der Waals surface area contributed by atoms with E-state index in [-0.39, 0.29) is 5.69 Å². The molecule has 114 valence electrons. The van der Waals surface area contributed by atoms with Crippen molar-refractivity contribution in [3.8, 4) is 11.5 Å². The molecule has 23 heavy (non-hydrogen) atoms. The Morgan fingerprint density at radius 3 is 2.30 bits per heavy atom. The van der Waals surface area contributed by atoms with Crippen molar-refractivity contribution < 1.29 is 14.6 Å². The SMILES string of the molecule is O=C(O)c1cc(Nc2ccc(Oc3ccccc3)cc2)ccn1. The second kappa shape index (κ2) is 6.62. The van der Waals surface area contributed by atoms with Crippen LogP contribution in [0.3, 0.4) is 0 Å². The fraction of sp³-hybridized carbons (Fsp3) is 0. The standard InChI is InChI=1S/C18H14N2O3/c21-18(22)17-12-14(10-11-19-17)20-13-6-8-16(9-7-13)23-15-4-2-1-3-5-15/h1-12H,(H,19,20)(H,21,22). The topological polar surface area (TPSA) is 71.5 Å². The van der Waals surface area contributed by atoms with E-state index < -0.39 is 5.97 Å². The van der Waals surface area contributed by atoms with Gasteiger partial charge in [0.05, 0.1) is 0 Å². The first-order valence-electron chi connectivity index (χ1n) is 7.00. The molecule has 0 saturated carbocycles. The first-order chi connectivity index (χ1) is 11.2. The molecule has 1 heterocycles. The van der Waals surface area contributed by atoms with Gasteiger partial charge in [0.2, 0.25) is 0 Å². The van der Waals surface area contributed by atoms with E-state index in [1.54, 1.807) is 6.07 Å². The van der Waals surface area contributed by atoms with Gasteiger partial charge in [-0.25, -0.2) is 9.78 Å². The molecule has 2 N–H and O–H groups in total. The van der Waals surface area contributed by atoms with Crippen molar-refractivity contribution in [2.24, 2.45) is 0 Å². The normalized spacial score (nSPS) is 10.1.